The Morgan fingerprint density at radius 3 is 2.47 bits per heavy atom. The molecule has 3 rings (SSSR count). The van der Waals surface area contributed by atoms with E-state index in [4.69, 9.17) is 44.0 Å². The minimum Gasteiger partial charge on any atom is -0.497 e. The first-order valence-electron chi connectivity index (χ1n) is 8.93. The van der Waals surface area contributed by atoms with E-state index in [1.165, 1.54) is 0 Å². The second kappa shape index (κ2) is 9.44. The van der Waals surface area contributed by atoms with Crippen molar-refractivity contribution in [2.45, 2.75) is 19.4 Å². The highest BCUT2D eigenvalue weighted by molar-refractivity contribution is 6.45. The lowest BCUT2D eigenvalue weighted by Crippen LogP contribution is -2.25. The highest BCUT2D eigenvalue weighted by Crippen LogP contribution is 2.45. The number of nitrogens with zero attached hydrogens (tertiary/aromatic N) is 3. The Morgan fingerprint density at radius 1 is 1.23 bits per heavy atom. The molecule has 0 bridgehead atoms. The molecule has 2 heterocycles. The van der Waals surface area contributed by atoms with Gasteiger partial charge in [-0.05, 0) is 49.7 Å². The maximum atomic E-state index is 9.33. The van der Waals surface area contributed by atoms with E-state index < -0.39 is 0 Å². The molecule has 0 saturated heterocycles. The van der Waals surface area contributed by atoms with Crippen molar-refractivity contribution in [3.05, 3.63) is 81.3 Å². The Morgan fingerprint density at radius 2 is 1.93 bits per heavy atom. The minimum atomic E-state index is -0.337. The van der Waals surface area contributed by atoms with Crippen molar-refractivity contribution in [1.29, 1.82) is 5.26 Å². The van der Waals surface area contributed by atoms with Crippen LogP contribution in [0, 0.1) is 11.3 Å². The summed E-state index contributed by atoms with van der Waals surface area (Å²) < 4.78 is 11.0. The van der Waals surface area contributed by atoms with Crippen LogP contribution in [0.4, 0.5) is 11.5 Å². The van der Waals surface area contributed by atoms with E-state index in [-0.39, 0.29) is 26.8 Å². The molecule has 0 fully saturated rings. The summed E-state index contributed by atoms with van der Waals surface area (Å²) in [5.74, 6) is 1.69. The van der Waals surface area contributed by atoms with Gasteiger partial charge >= 0.3 is 0 Å². The summed E-state index contributed by atoms with van der Waals surface area (Å²) in [5, 5.41) is 9.46. The van der Waals surface area contributed by atoms with Gasteiger partial charge in [-0.3, -0.25) is 0 Å². The second-order valence-electron chi connectivity index (χ2n) is 6.60. The SMILES string of the molecule is C=C(C)CC(c1ccco1)N(c1ccc(OC)cc1)c1nc(Cl)c(C#N)c(Cl)c1Cl. The third-order valence-electron chi connectivity index (χ3n) is 4.43. The molecule has 0 radical (unpaired) electrons. The monoisotopic (exact) mass is 461 g/mol. The highest BCUT2D eigenvalue weighted by atomic mass is 35.5. The minimum absolute atomic E-state index is 0.0243. The van der Waals surface area contributed by atoms with Crippen molar-refractivity contribution >= 4 is 46.3 Å². The number of halogens is 3. The predicted octanol–water partition coefficient (Wildman–Crippen LogP) is 7.36. The maximum Gasteiger partial charge on any atom is 0.155 e. The average molecular weight is 463 g/mol. The van der Waals surface area contributed by atoms with Crippen LogP contribution in [0.3, 0.4) is 0 Å². The van der Waals surface area contributed by atoms with Gasteiger partial charge in [-0.25, -0.2) is 4.98 Å². The van der Waals surface area contributed by atoms with Gasteiger partial charge in [-0.2, -0.15) is 5.26 Å². The third-order valence-corrected chi connectivity index (χ3v) is 5.54. The second-order valence-corrected chi connectivity index (χ2v) is 7.72. The van der Waals surface area contributed by atoms with Gasteiger partial charge in [0.05, 0.1) is 24.4 Å². The molecule has 0 N–H and O–H groups in total. The lowest BCUT2D eigenvalue weighted by Gasteiger charge is -2.33. The number of rotatable bonds is 7. The molecule has 30 heavy (non-hydrogen) atoms. The van der Waals surface area contributed by atoms with Gasteiger partial charge in [-0.1, -0.05) is 40.4 Å². The summed E-state index contributed by atoms with van der Waals surface area (Å²) in [7, 11) is 1.60. The first kappa shape index (κ1) is 22.0. The summed E-state index contributed by atoms with van der Waals surface area (Å²) in [6.07, 6.45) is 2.15. The fourth-order valence-corrected chi connectivity index (χ4v) is 3.78. The molecular formula is C22H18Cl3N3O2. The lowest BCUT2D eigenvalue weighted by molar-refractivity contribution is 0.414. The van der Waals surface area contributed by atoms with E-state index in [1.807, 2.05) is 48.2 Å². The Hall–Kier alpha value is -2.65. The predicted molar refractivity (Wildman–Crippen MR) is 120 cm³/mol. The standard InChI is InChI=1S/C22H18Cl3N3O2/c1-13(2)11-17(18-5-4-10-30-18)28(14-6-8-15(29-3)9-7-14)22-20(24)19(23)16(12-26)21(25)27-22/h4-10,17H,1,11H2,2-3H3. The van der Waals surface area contributed by atoms with Crippen molar-refractivity contribution < 1.29 is 9.15 Å². The molecule has 2 aromatic heterocycles. The molecule has 5 nitrogen and oxygen atoms in total. The Balaban J connectivity index is 2.27. The molecule has 0 aliphatic heterocycles. The molecule has 0 amide bonds. The molecule has 1 aromatic carbocycles. The Kier molecular flexibility index (Phi) is 6.94. The van der Waals surface area contributed by atoms with E-state index in [9.17, 15) is 5.26 Å². The molecule has 0 spiro atoms. The molecule has 0 aliphatic rings. The molecule has 3 aromatic rings. The van der Waals surface area contributed by atoms with Crippen molar-refractivity contribution in [3.8, 4) is 11.8 Å². The number of hydrogen-bond donors (Lipinski definition) is 0. The molecule has 1 atom stereocenters. The van der Waals surface area contributed by atoms with Crippen LogP contribution in [0.5, 0.6) is 5.75 Å². The van der Waals surface area contributed by atoms with E-state index in [0.29, 0.717) is 23.7 Å². The number of hydrogen-bond acceptors (Lipinski definition) is 5. The quantitative estimate of drug-likeness (QED) is 0.271. The maximum absolute atomic E-state index is 9.33. The van der Waals surface area contributed by atoms with Crippen LogP contribution in [-0.4, -0.2) is 12.1 Å². The molecule has 1 unspecified atom stereocenters. The van der Waals surface area contributed by atoms with Gasteiger partial charge in [0.25, 0.3) is 0 Å². The summed E-state index contributed by atoms with van der Waals surface area (Å²) in [4.78, 5) is 6.28. The number of nitriles is 1. The van der Waals surface area contributed by atoms with Crippen molar-refractivity contribution in [1.82, 2.24) is 4.98 Å². The molecule has 0 aliphatic carbocycles. The fourth-order valence-electron chi connectivity index (χ4n) is 3.07. The summed E-state index contributed by atoms with van der Waals surface area (Å²) in [6.45, 7) is 5.98. The first-order chi connectivity index (χ1) is 14.4. The topological polar surface area (TPSA) is 62.3 Å². The van der Waals surface area contributed by atoms with Gasteiger partial charge in [0.1, 0.15) is 28.2 Å². The first-order valence-corrected chi connectivity index (χ1v) is 10.1. The zero-order chi connectivity index (χ0) is 21.8. The van der Waals surface area contributed by atoms with Gasteiger partial charge in [0.15, 0.2) is 11.0 Å². The van der Waals surface area contributed by atoms with E-state index in [1.54, 1.807) is 19.4 Å². The van der Waals surface area contributed by atoms with E-state index >= 15 is 0 Å². The van der Waals surface area contributed by atoms with Crippen molar-refractivity contribution in [2.75, 3.05) is 12.0 Å². The molecule has 0 saturated carbocycles. The zero-order valence-corrected chi connectivity index (χ0v) is 18.6. The fraction of sp³-hybridized carbons (Fsp3) is 0.182. The normalized spacial score (nSPS) is 11.6. The number of ether oxygens (including phenoxy) is 1. The van der Waals surface area contributed by atoms with Crippen LogP contribution in [-0.2, 0) is 0 Å². The van der Waals surface area contributed by atoms with E-state index in [2.05, 4.69) is 11.6 Å². The average Bonchev–Trinajstić information content (AvgIpc) is 3.26. The summed E-state index contributed by atoms with van der Waals surface area (Å²) in [6, 6.07) is 12.6. The van der Waals surface area contributed by atoms with Crippen LogP contribution in [0.2, 0.25) is 15.2 Å². The number of methoxy groups -OCH3 is 1. The Bertz CT molecular complexity index is 1090. The smallest absolute Gasteiger partial charge is 0.155 e. The van der Waals surface area contributed by atoms with Crippen molar-refractivity contribution in [3.63, 3.8) is 0 Å². The zero-order valence-electron chi connectivity index (χ0n) is 16.3. The van der Waals surface area contributed by atoms with Crippen LogP contribution < -0.4 is 9.64 Å². The van der Waals surface area contributed by atoms with Gasteiger partial charge in [0.2, 0.25) is 0 Å². The third kappa shape index (κ3) is 4.41. The highest BCUT2D eigenvalue weighted by Gasteiger charge is 2.30. The molecule has 154 valence electrons. The molecule has 8 heteroatoms. The number of pyridine rings is 1. The number of anilines is 2. The van der Waals surface area contributed by atoms with Crippen molar-refractivity contribution in [2.24, 2.45) is 0 Å². The summed E-state index contributed by atoms with van der Waals surface area (Å²) in [5.41, 5.74) is 1.71. The summed E-state index contributed by atoms with van der Waals surface area (Å²) >= 11 is 19.2. The van der Waals surface area contributed by atoms with E-state index in [0.717, 1.165) is 11.3 Å². The Labute approximate surface area is 190 Å². The lowest BCUT2D eigenvalue weighted by atomic mass is 10.0. The van der Waals surface area contributed by atoms with Gasteiger partial charge < -0.3 is 14.1 Å². The van der Waals surface area contributed by atoms with Crippen LogP contribution in [0.1, 0.15) is 30.7 Å². The van der Waals surface area contributed by atoms with Crippen LogP contribution in [0.15, 0.2) is 59.2 Å². The van der Waals surface area contributed by atoms with Gasteiger partial charge in [-0.15, -0.1) is 6.58 Å². The molecular weight excluding hydrogens is 445 g/mol. The number of aromatic nitrogens is 1. The van der Waals surface area contributed by atoms with Crippen LogP contribution in [0.25, 0.3) is 0 Å². The van der Waals surface area contributed by atoms with Crippen LogP contribution >= 0.6 is 34.8 Å². The van der Waals surface area contributed by atoms with Gasteiger partial charge in [0, 0.05) is 5.69 Å². The number of benzene rings is 1. The number of furan rings is 1. The largest absolute Gasteiger partial charge is 0.497 e.